The van der Waals surface area contributed by atoms with Gasteiger partial charge < -0.3 is 10.1 Å². The fourth-order valence-corrected chi connectivity index (χ4v) is 2.05. The first-order valence-corrected chi connectivity index (χ1v) is 6.85. The van der Waals surface area contributed by atoms with Crippen LogP contribution in [-0.4, -0.2) is 22.3 Å². The van der Waals surface area contributed by atoms with E-state index in [0.29, 0.717) is 10.6 Å². The van der Waals surface area contributed by atoms with Crippen LogP contribution in [0.5, 0.6) is 5.75 Å². The van der Waals surface area contributed by atoms with E-state index in [2.05, 4.69) is 15.2 Å². The molecule has 0 saturated carbocycles. The molecule has 0 aliphatic carbocycles. The number of nitrogens with one attached hydrogen (secondary N) is 1. The molecule has 2 aromatic rings. The van der Waals surface area contributed by atoms with Crippen LogP contribution in [-0.2, 0) is 11.3 Å². The van der Waals surface area contributed by atoms with E-state index in [1.807, 2.05) is 0 Å². The maximum Gasteiger partial charge on any atom is 0.387 e. The van der Waals surface area contributed by atoms with Crippen molar-refractivity contribution in [3.63, 3.8) is 0 Å². The van der Waals surface area contributed by atoms with Crippen LogP contribution >= 0.6 is 11.6 Å². The molecule has 1 heterocycles. The van der Waals surface area contributed by atoms with Gasteiger partial charge in [0.1, 0.15) is 11.8 Å². The SMILES string of the molecule is C[C@@H](C(=O)NCc1cc(Cl)ccc1OC(F)F)n1cccn1. The number of ether oxygens (including phenoxy) is 1. The van der Waals surface area contributed by atoms with E-state index in [-0.39, 0.29) is 18.2 Å². The first-order valence-electron chi connectivity index (χ1n) is 6.47. The highest BCUT2D eigenvalue weighted by Gasteiger charge is 2.16. The molecule has 118 valence electrons. The molecular weight excluding hydrogens is 316 g/mol. The predicted octanol–water partition coefficient (Wildman–Crippen LogP) is 3.02. The van der Waals surface area contributed by atoms with Crippen LogP contribution in [0.4, 0.5) is 8.78 Å². The third-order valence-corrected chi connectivity index (χ3v) is 3.23. The predicted molar refractivity (Wildman–Crippen MR) is 76.9 cm³/mol. The maximum absolute atomic E-state index is 12.4. The van der Waals surface area contributed by atoms with Crippen LogP contribution in [0.3, 0.4) is 0 Å². The topological polar surface area (TPSA) is 56.1 Å². The zero-order chi connectivity index (χ0) is 16.1. The highest BCUT2D eigenvalue weighted by molar-refractivity contribution is 6.30. The lowest BCUT2D eigenvalue weighted by Crippen LogP contribution is -2.31. The van der Waals surface area contributed by atoms with Gasteiger partial charge in [0, 0.05) is 29.5 Å². The van der Waals surface area contributed by atoms with Crippen LogP contribution in [0.15, 0.2) is 36.7 Å². The number of carbonyl (C=O) groups excluding carboxylic acids is 1. The Balaban J connectivity index is 2.04. The minimum Gasteiger partial charge on any atom is -0.434 e. The minimum absolute atomic E-state index is 0.0209. The summed E-state index contributed by atoms with van der Waals surface area (Å²) in [5, 5.41) is 6.99. The second-order valence-electron chi connectivity index (χ2n) is 4.51. The van der Waals surface area contributed by atoms with Gasteiger partial charge in [0.25, 0.3) is 0 Å². The van der Waals surface area contributed by atoms with Gasteiger partial charge in [-0.2, -0.15) is 13.9 Å². The van der Waals surface area contributed by atoms with E-state index in [4.69, 9.17) is 11.6 Å². The summed E-state index contributed by atoms with van der Waals surface area (Å²) in [5.41, 5.74) is 0.369. The zero-order valence-corrected chi connectivity index (χ0v) is 12.4. The molecule has 0 bridgehead atoms. The van der Waals surface area contributed by atoms with Crippen molar-refractivity contribution in [1.82, 2.24) is 15.1 Å². The van der Waals surface area contributed by atoms with Crippen molar-refractivity contribution in [3.05, 3.63) is 47.2 Å². The molecule has 22 heavy (non-hydrogen) atoms. The van der Waals surface area contributed by atoms with Gasteiger partial charge in [-0.15, -0.1) is 0 Å². The summed E-state index contributed by atoms with van der Waals surface area (Å²) in [6, 6.07) is 5.44. The summed E-state index contributed by atoms with van der Waals surface area (Å²) in [6.45, 7) is -1.25. The number of nitrogens with zero attached hydrogens (tertiary/aromatic N) is 2. The fraction of sp³-hybridized carbons (Fsp3) is 0.286. The lowest BCUT2D eigenvalue weighted by molar-refractivity contribution is -0.124. The van der Waals surface area contributed by atoms with E-state index < -0.39 is 12.7 Å². The molecular formula is C14H14ClF2N3O2. The average molecular weight is 330 g/mol. The molecule has 0 spiro atoms. The van der Waals surface area contributed by atoms with E-state index in [1.165, 1.54) is 22.9 Å². The quantitative estimate of drug-likeness (QED) is 0.886. The molecule has 1 aromatic heterocycles. The van der Waals surface area contributed by atoms with Crippen LogP contribution < -0.4 is 10.1 Å². The Kier molecular flexibility index (Phi) is 5.32. The number of hydrogen-bond donors (Lipinski definition) is 1. The van der Waals surface area contributed by atoms with Gasteiger partial charge in [0.15, 0.2) is 0 Å². The van der Waals surface area contributed by atoms with Crippen LogP contribution in [0.2, 0.25) is 5.02 Å². The molecule has 1 amide bonds. The maximum atomic E-state index is 12.4. The second-order valence-corrected chi connectivity index (χ2v) is 4.95. The third-order valence-electron chi connectivity index (χ3n) is 2.99. The summed E-state index contributed by atoms with van der Waals surface area (Å²) in [5.74, 6) is -0.321. The first kappa shape index (κ1) is 16.2. The Morgan fingerprint density at radius 3 is 2.91 bits per heavy atom. The largest absolute Gasteiger partial charge is 0.434 e. The first-order chi connectivity index (χ1) is 10.5. The lowest BCUT2D eigenvalue weighted by atomic mass is 10.2. The molecule has 0 aliphatic rings. The lowest BCUT2D eigenvalue weighted by Gasteiger charge is -2.15. The molecule has 0 fully saturated rings. The Morgan fingerprint density at radius 2 is 2.27 bits per heavy atom. The molecule has 1 aromatic carbocycles. The highest BCUT2D eigenvalue weighted by atomic mass is 35.5. The number of aromatic nitrogens is 2. The zero-order valence-electron chi connectivity index (χ0n) is 11.7. The molecule has 0 unspecified atom stereocenters. The minimum atomic E-state index is -2.95. The van der Waals surface area contributed by atoms with E-state index in [1.54, 1.807) is 25.4 Å². The number of carbonyl (C=O) groups is 1. The van der Waals surface area contributed by atoms with Gasteiger partial charge in [-0.3, -0.25) is 9.48 Å². The Morgan fingerprint density at radius 1 is 1.50 bits per heavy atom. The summed E-state index contributed by atoms with van der Waals surface area (Å²) in [7, 11) is 0. The van der Waals surface area contributed by atoms with Crippen molar-refractivity contribution in [2.75, 3.05) is 0 Å². The van der Waals surface area contributed by atoms with Crippen molar-refractivity contribution in [2.24, 2.45) is 0 Å². The monoisotopic (exact) mass is 329 g/mol. The second kappa shape index (κ2) is 7.22. The Hall–Kier alpha value is -2.15. The van der Waals surface area contributed by atoms with Gasteiger partial charge in [-0.05, 0) is 31.2 Å². The van der Waals surface area contributed by atoms with E-state index >= 15 is 0 Å². The van der Waals surface area contributed by atoms with Crippen molar-refractivity contribution in [1.29, 1.82) is 0 Å². The van der Waals surface area contributed by atoms with Gasteiger partial charge in [-0.1, -0.05) is 11.6 Å². The highest BCUT2D eigenvalue weighted by Crippen LogP contribution is 2.24. The average Bonchev–Trinajstić information content (AvgIpc) is 3.00. The number of benzene rings is 1. The molecule has 0 saturated heterocycles. The molecule has 0 aliphatic heterocycles. The van der Waals surface area contributed by atoms with Crippen LogP contribution in [0, 0.1) is 0 Å². The number of rotatable bonds is 6. The summed E-state index contributed by atoms with van der Waals surface area (Å²) >= 11 is 5.84. The molecule has 0 radical (unpaired) electrons. The number of hydrogen-bond acceptors (Lipinski definition) is 3. The molecule has 5 nitrogen and oxygen atoms in total. The van der Waals surface area contributed by atoms with Crippen LogP contribution in [0.1, 0.15) is 18.5 Å². The summed E-state index contributed by atoms with van der Waals surface area (Å²) in [6.07, 6.45) is 3.23. The summed E-state index contributed by atoms with van der Waals surface area (Å²) < 4.78 is 30.6. The van der Waals surface area contributed by atoms with E-state index in [9.17, 15) is 13.6 Å². The molecule has 8 heteroatoms. The molecule has 2 rings (SSSR count). The fourth-order valence-electron chi connectivity index (χ4n) is 1.86. The van der Waals surface area contributed by atoms with Gasteiger partial charge in [0.05, 0.1) is 0 Å². The molecule has 1 N–H and O–H groups in total. The van der Waals surface area contributed by atoms with Crippen molar-refractivity contribution in [2.45, 2.75) is 26.1 Å². The number of halogens is 3. The van der Waals surface area contributed by atoms with Crippen molar-refractivity contribution in [3.8, 4) is 5.75 Å². The number of amides is 1. The Labute approximate surface area is 130 Å². The van der Waals surface area contributed by atoms with Gasteiger partial charge >= 0.3 is 6.61 Å². The van der Waals surface area contributed by atoms with Crippen LogP contribution in [0.25, 0.3) is 0 Å². The van der Waals surface area contributed by atoms with Crippen molar-refractivity contribution >= 4 is 17.5 Å². The third kappa shape index (κ3) is 4.17. The van der Waals surface area contributed by atoms with Gasteiger partial charge in [-0.25, -0.2) is 0 Å². The smallest absolute Gasteiger partial charge is 0.387 e. The summed E-state index contributed by atoms with van der Waals surface area (Å²) in [4.78, 5) is 12.0. The van der Waals surface area contributed by atoms with Gasteiger partial charge in [0.2, 0.25) is 5.91 Å². The normalized spacial score (nSPS) is 12.2. The van der Waals surface area contributed by atoms with E-state index in [0.717, 1.165) is 0 Å². The number of alkyl halides is 2. The Bertz CT molecular complexity index is 635. The standard InChI is InChI=1S/C14H14ClF2N3O2/c1-9(20-6-2-5-19-20)13(21)18-8-10-7-11(15)3-4-12(10)22-14(16)17/h2-7,9,14H,8H2,1H3,(H,18,21)/t9-/m0/s1. The molecule has 1 atom stereocenters. The van der Waals surface area contributed by atoms with Crippen molar-refractivity contribution < 1.29 is 18.3 Å².